The van der Waals surface area contributed by atoms with Gasteiger partial charge in [0.25, 0.3) is 0 Å². The zero-order chi connectivity index (χ0) is 34.9. The van der Waals surface area contributed by atoms with E-state index in [1.807, 2.05) is 6.92 Å². The van der Waals surface area contributed by atoms with E-state index in [0.29, 0.717) is 39.3 Å². The molecule has 0 bridgehead atoms. The van der Waals surface area contributed by atoms with Gasteiger partial charge in [0.15, 0.2) is 0 Å². The Bertz CT molecular complexity index is 1610. The van der Waals surface area contributed by atoms with Crippen LogP contribution in [0.5, 0.6) is 0 Å². The molecule has 0 unspecified atom stereocenters. The van der Waals surface area contributed by atoms with Crippen LogP contribution in [0.4, 0.5) is 38.0 Å². The molecule has 0 saturated heterocycles. The summed E-state index contributed by atoms with van der Waals surface area (Å²) < 4.78 is 74.4. The minimum atomic E-state index is -4.55. The number of nitrogens with one attached hydrogen (secondary N) is 2. The summed E-state index contributed by atoms with van der Waals surface area (Å²) in [5, 5.41) is 6.82. The zero-order valence-electron chi connectivity index (χ0n) is 25.9. The van der Waals surface area contributed by atoms with Crippen molar-refractivity contribution in [1.29, 1.82) is 0 Å². The fourth-order valence-electron chi connectivity index (χ4n) is 4.95. The van der Waals surface area contributed by atoms with Gasteiger partial charge in [0.1, 0.15) is 23.3 Å². The average molecular weight is 822 g/mol. The standard InChI is InChI=1S/C15H16F3N5.C10H14BrN3.C5H2BrF3N2.CH4/c1-9-19-8-12(13(22-9)23-11-4-2-3-5-11)10-6-20-14(21-7-10)15(16,17)18;1-7-12-6-9(11)10(13-7)14-8-4-2-3-5-8;6-3-1-10-4(11-2-3)5(7,8)9;/h6-8,11H,2-5H2,1H3,(H,19,22,23);6,8H,2-5H2,1H3,(H,12,13,14);1-2H;1H4. The number of hydrogen-bond acceptors (Lipinski definition) is 10. The lowest BCUT2D eigenvalue weighted by molar-refractivity contribution is -0.145. The molecule has 0 atom stereocenters. The van der Waals surface area contributed by atoms with Gasteiger partial charge >= 0.3 is 12.4 Å². The predicted molar refractivity (Wildman–Crippen MR) is 180 cm³/mol. The number of halogens is 8. The summed E-state index contributed by atoms with van der Waals surface area (Å²) in [5.41, 5.74) is 1.06. The Morgan fingerprint density at radius 1 is 0.592 bits per heavy atom. The summed E-state index contributed by atoms with van der Waals surface area (Å²) in [6.45, 7) is 3.68. The maximum absolute atomic E-state index is 12.6. The van der Waals surface area contributed by atoms with E-state index in [0.717, 1.165) is 53.7 Å². The van der Waals surface area contributed by atoms with Crippen molar-refractivity contribution in [3.05, 3.63) is 69.4 Å². The predicted octanol–water partition coefficient (Wildman–Crippen LogP) is 9.41. The summed E-state index contributed by atoms with van der Waals surface area (Å²) in [6, 6.07) is 0.930. The molecular weight excluding hydrogens is 786 g/mol. The third-order valence-electron chi connectivity index (χ3n) is 7.26. The monoisotopic (exact) mass is 820 g/mol. The third-order valence-corrected chi connectivity index (χ3v) is 8.25. The molecule has 0 spiro atoms. The van der Waals surface area contributed by atoms with Crippen LogP contribution in [0.1, 0.15) is 82.1 Å². The van der Waals surface area contributed by atoms with Crippen LogP contribution in [0.25, 0.3) is 11.1 Å². The van der Waals surface area contributed by atoms with E-state index in [-0.39, 0.29) is 7.43 Å². The molecule has 266 valence electrons. The lowest BCUT2D eigenvalue weighted by atomic mass is 10.1. The Morgan fingerprint density at radius 3 is 1.47 bits per heavy atom. The molecule has 0 radical (unpaired) electrons. The topological polar surface area (TPSA) is 127 Å². The molecule has 4 aromatic heterocycles. The quantitative estimate of drug-likeness (QED) is 0.188. The summed E-state index contributed by atoms with van der Waals surface area (Å²) in [7, 11) is 0. The Labute approximate surface area is 297 Å². The van der Waals surface area contributed by atoms with Crippen molar-refractivity contribution in [3.8, 4) is 11.1 Å². The van der Waals surface area contributed by atoms with Crippen molar-refractivity contribution in [3.63, 3.8) is 0 Å². The van der Waals surface area contributed by atoms with Crippen LogP contribution in [0.2, 0.25) is 0 Å². The molecule has 0 amide bonds. The smallest absolute Gasteiger partial charge is 0.367 e. The van der Waals surface area contributed by atoms with Gasteiger partial charge < -0.3 is 10.6 Å². The van der Waals surface area contributed by atoms with Crippen molar-refractivity contribution < 1.29 is 26.3 Å². The number of anilines is 2. The Morgan fingerprint density at radius 2 is 1.00 bits per heavy atom. The van der Waals surface area contributed by atoms with Crippen LogP contribution in [0.15, 0.2) is 46.1 Å². The molecule has 49 heavy (non-hydrogen) atoms. The molecule has 10 nitrogen and oxygen atoms in total. The van der Waals surface area contributed by atoms with Crippen LogP contribution < -0.4 is 10.6 Å². The van der Waals surface area contributed by atoms with E-state index >= 15 is 0 Å². The van der Waals surface area contributed by atoms with Gasteiger partial charge in [-0.05, 0) is 71.4 Å². The maximum Gasteiger partial charge on any atom is 0.451 e. The van der Waals surface area contributed by atoms with Crippen molar-refractivity contribution >= 4 is 43.5 Å². The first-order valence-corrected chi connectivity index (χ1v) is 16.6. The van der Waals surface area contributed by atoms with Crippen molar-refractivity contribution in [2.75, 3.05) is 10.6 Å². The SMILES string of the molecule is C.Cc1ncc(-c2cnc(C(F)(F)F)nc2)c(NC2CCCC2)n1.Cc1ncc(Br)c(NC2CCCC2)n1.FC(F)(F)c1ncc(Br)cn1. The van der Waals surface area contributed by atoms with Gasteiger partial charge in [0, 0.05) is 60.4 Å². The van der Waals surface area contributed by atoms with E-state index in [4.69, 9.17) is 0 Å². The molecule has 18 heteroatoms. The van der Waals surface area contributed by atoms with Gasteiger partial charge in [-0.1, -0.05) is 33.1 Å². The number of nitrogens with zero attached hydrogens (tertiary/aromatic N) is 8. The summed E-state index contributed by atoms with van der Waals surface area (Å²) in [4.78, 5) is 29.9. The molecule has 2 N–H and O–H groups in total. The van der Waals surface area contributed by atoms with E-state index in [2.05, 4.69) is 82.4 Å². The summed E-state index contributed by atoms with van der Waals surface area (Å²) in [6.07, 6.45) is 8.45. The number of hydrogen-bond donors (Lipinski definition) is 2. The first-order valence-electron chi connectivity index (χ1n) is 15.0. The van der Waals surface area contributed by atoms with Crippen LogP contribution in [0.3, 0.4) is 0 Å². The normalized spacial score (nSPS) is 15.0. The molecule has 0 aromatic carbocycles. The minimum absolute atomic E-state index is 0. The largest absolute Gasteiger partial charge is 0.451 e. The van der Waals surface area contributed by atoms with Gasteiger partial charge in [-0.25, -0.2) is 39.9 Å². The van der Waals surface area contributed by atoms with Gasteiger partial charge in [-0.2, -0.15) is 26.3 Å². The van der Waals surface area contributed by atoms with Gasteiger partial charge in [0.2, 0.25) is 11.6 Å². The molecule has 4 heterocycles. The minimum Gasteiger partial charge on any atom is -0.367 e. The lowest BCUT2D eigenvalue weighted by Crippen LogP contribution is -2.17. The van der Waals surface area contributed by atoms with Gasteiger partial charge in [0.05, 0.1) is 8.95 Å². The summed E-state index contributed by atoms with van der Waals surface area (Å²) >= 11 is 6.37. The Balaban J connectivity index is 0.000000214. The van der Waals surface area contributed by atoms with E-state index < -0.39 is 24.0 Å². The summed E-state index contributed by atoms with van der Waals surface area (Å²) in [5.74, 6) is 0.688. The number of aryl methyl sites for hydroxylation is 2. The molecular formula is C31H36Br2F6N10. The zero-order valence-corrected chi connectivity index (χ0v) is 29.0. The first kappa shape index (κ1) is 39.9. The highest BCUT2D eigenvalue weighted by atomic mass is 79.9. The highest BCUT2D eigenvalue weighted by molar-refractivity contribution is 9.10. The number of alkyl halides is 6. The molecule has 2 aliphatic carbocycles. The van der Waals surface area contributed by atoms with E-state index in [1.54, 1.807) is 19.3 Å². The lowest BCUT2D eigenvalue weighted by Gasteiger charge is -2.16. The van der Waals surface area contributed by atoms with Crippen LogP contribution >= 0.6 is 31.9 Å². The van der Waals surface area contributed by atoms with Crippen LogP contribution in [-0.4, -0.2) is 52.0 Å². The van der Waals surface area contributed by atoms with Gasteiger partial charge in [-0.3, -0.25) is 0 Å². The number of rotatable bonds is 5. The fourth-order valence-corrected chi connectivity index (χ4v) is 5.46. The first-order chi connectivity index (χ1) is 22.7. The molecule has 2 saturated carbocycles. The molecule has 4 aromatic rings. The second-order valence-corrected chi connectivity index (χ2v) is 12.8. The van der Waals surface area contributed by atoms with E-state index in [1.165, 1.54) is 38.5 Å². The van der Waals surface area contributed by atoms with Crippen molar-refractivity contribution in [2.45, 2.75) is 97.1 Å². The maximum atomic E-state index is 12.6. The highest BCUT2D eigenvalue weighted by Crippen LogP contribution is 2.31. The Hall–Kier alpha value is -3.54. The average Bonchev–Trinajstić information content (AvgIpc) is 3.74. The van der Waals surface area contributed by atoms with Crippen LogP contribution in [-0.2, 0) is 12.4 Å². The Kier molecular flexibility index (Phi) is 14.6. The highest BCUT2D eigenvalue weighted by Gasteiger charge is 2.35. The van der Waals surface area contributed by atoms with Crippen molar-refractivity contribution in [1.82, 2.24) is 39.9 Å². The second-order valence-electron chi connectivity index (χ2n) is 11.1. The fraction of sp³-hybridized carbons (Fsp3) is 0.484. The molecule has 6 rings (SSSR count). The van der Waals surface area contributed by atoms with Gasteiger partial charge in [-0.15, -0.1) is 0 Å². The number of aromatic nitrogens is 8. The second kappa shape index (κ2) is 17.9. The molecule has 2 aliphatic rings. The van der Waals surface area contributed by atoms with Crippen LogP contribution in [0, 0.1) is 13.8 Å². The van der Waals surface area contributed by atoms with Crippen molar-refractivity contribution in [2.24, 2.45) is 0 Å². The third kappa shape index (κ3) is 12.4. The van der Waals surface area contributed by atoms with E-state index in [9.17, 15) is 26.3 Å². The molecule has 0 aliphatic heterocycles. The molecule has 2 fully saturated rings.